The van der Waals surface area contributed by atoms with Crippen molar-refractivity contribution < 1.29 is 5.11 Å². The topological polar surface area (TPSA) is 62.4 Å². The number of anilines is 1. The molecule has 3 rings (SSSR count). The smallest absolute Gasteiger partial charge is 0.133 e. The Balaban J connectivity index is 1.85. The van der Waals surface area contributed by atoms with Crippen LogP contribution in [0.5, 0.6) is 0 Å². The molecule has 1 aliphatic carbocycles. The first-order valence-corrected chi connectivity index (χ1v) is 7.89. The summed E-state index contributed by atoms with van der Waals surface area (Å²) in [6, 6.07) is 2.29. The summed E-state index contributed by atoms with van der Waals surface area (Å²) in [6.45, 7) is 2.92. The molecule has 0 bridgehead atoms. The molecule has 20 heavy (non-hydrogen) atoms. The zero-order chi connectivity index (χ0) is 13.9. The van der Waals surface area contributed by atoms with Crippen LogP contribution in [0.25, 0.3) is 0 Å². The molecular weight excluding hydrogens is 250 g/mol. The van der Waals surface area contributed by atoms with Gasteiger partial charge in [0.05, 0.1) is 0 Å². The summed E-state index contributed by atoms with van der Waals surface area (Å²) < 4.78 is 0. The normalized spacial score (nSPS) is 22.1. The van der Waals surface area contributed by atoms with Crippen LogP contribution in [0.3, 0.4) is 0 Å². The predicted octanol–water partition coefficient (Wildman–Crippen LogP) is 1.63. The molecule has 1 aliphatic heterocycles. The van der Waals surface area contributed by atoms with Crippen molar-refractivity contribution in [2.75, 3.05) is 24.6 Å². The van der Waals surface area contributed by atoms with Crippen LogP contribution in [0.1, 0.15) is 42.5 Å². The van der Waals surface area contributed by atoms with Crippen LogP contribution in [0.4, 0.5) is 5.82 Å². The van der Waals surface area contributed by atoms with Gasteiger partial charge in [0.25, 0.3) is 0 Å². The minimum absolute atomic E-state index is 0.292. The van der Waals surface area contributed by atoms with Gasteiger partial charge in [-0.05, 0) is 56.1 Å². The number of pyridine rings is 1. The number of aryl methyl sites for hydroxylation is 2. The number of nitrogens with two attached hydrogens (primary N) is 1. The molecule has 0 aromatic carbocycles. The van der Waals surface area contributed by atoms with Crippen molar-refractivity contribution in [1.82, 2.24) is 4.98 Å². The number of nitrogens with zero attached hydrogens (tertiary/aromatic N) is 2. The number of hydrogen-bond acceptors (Lipinski definition) is 4. The minimum Gasteiger partial charge on any atom is -0.396 e. The maximum absolute atomic E-state index is 9.09. The molecule has 0 amide bonds. The predicted molar refractivity (Wildman–Crippen MR) is 80.8 cm³/mol. The van der Waals surface area contributed by atoms with Crippen molar-refractivity contribution in [1.29, 1.82) is 0 Å². The van der Waals surface area contributed by atoms with E-state index in [4.69, 9.17) is 15.8 Å². The van der Waals surface area contributed by atoms with E-state index in [1.807, 2.05) is 0 Å². The van der Waals surface area contributed by atoms with E-state index < -0.39 is 0 Å². The van der Waals surface area contributed by atoms with Gasteiger partial charge in [-0.15, -0.1) is 0 Å². The highest BCUT2D eigenvalue weighted by Crippen LogP contribution is 2.30. The monoisotopic (exact) mass is 275 g/mol. The van der Waals surface area contributed by atoms with Gasteiger partial charge in [-0.1, -0.05) is 0 Å². The van der Waals surface area contributed by atoms with Crippen molar-refractivity contribution in [3.63, 3.8) is 0 Å². The first kappa shape index (κ1) is 13.8. The van der Waals surface area contributed by atoms with Gasteiger partial charge in [0, 0.05) is 37.5 Å². The first-order valence-electron chi connectivity index (χ1n) is 7.89. The number of hydrogen-bond donors (Lipinski definition) is 2. The Bertz CT molecular complexity index is 475. The lowest BCUT2D eigenvalue weighted by Crippen LogP contribution is -2.24. The number of aliphatic hydroxyl groups is 1. The molecule has 4 heteroatoms. The van der Waals surface area contributed by atoms with Crippen LogP contribution in [-0.2, 0) is 19.4 Å². The molecule has 3 N–H and O–H groups in total. The number of rotatable bonds is 4. The molecule has 0 saturated carbocycles. The molecule has 1 unspecified atom stereocenters. The molecule has 110 valence electrons. The maximum Gasteiger partial charge on any atom is 0.133 e. The molecule has 1 saturated heterocycles. The molecule has 1 aromatic rings. The van der Waals surface area contributed by atoms with E-state index in [-0.39, 0.29) is 0 Å². The van der Waals surface area contributed by atoms with Crippen LogP contribution in [0.2, 0.25) is 0 Å². The Kier molecular flexibility index (Phi) is 4.22. The summed E-state index contributed by atoms with van der Waals surface area (Å²) in [7, 11) is 0. The van der Waals surface area contributed by atoms with Crippen LogP contribution in [-0.4, -0.2) is 29.8 Å². The van der Waals surface area contributed by atoms with Gasteiger partial charge in [0.2, 0.25) is 0 Å². The molecule has 0 spiro atoms. The van der Waals surface area contributed by atoms with Crippen molar-refractivity contribution in [3.05, 3.63) is 22.9 Å². The highest BCUT2D eigenvalue weighted by molar-refractivity contribution is 5.51. The van der Waals surface area contributed by atoms with E-state index in [0.29, 0.717) is 19.1 Å². The zero-order valence-electron chi connectivity index (χ0n) is 12.1. The molecule has 1 fully saturated rings. The Labute approximate surface area is 121 Å². The molecule has 2 aliphatic rings. The lowest BCUT2D eigenvalue weighted by molar-refractivity contribution is 0.263. The average Bonchev–Trinajstić information content (AvgIpc) is 2.94. The summed E-state index contributed by atoms with van der Waals surface area (Å²) in [6.07, 6.45) is 6.86. The van der Waals surface area contributed by atoms with Crippen molar-refractivity contribution in [3.8, 4) is 0 Å². The standard InChI is InChI=1S/C16H25N3O/c17-10-14-9-13-3-1-2-4-15(13)18-16(14)19-7-5-12(11-19)6-8-20/h9,12,20H,1-8,10-11,17H2. The lowest BCUT2D eigenvalue weighted by atomic mass is 9.94. The lowest BCUT2D eigenvalue weighted by Gasteiger charge is -2.24. The fraction of sp³-hybridized carbons (Fsp3) is 0.688. The molecule has 1 aromatic heterocycles. The van der Waals surface area contributed by atoms with E-state index in [0.717, 1.165) is 44.6 Å². The number of aromatic nitrogens is 1. The van der Waals surface area contributed by atoms with Gasteiger partial charge in [-0.25, -0.2) is 4.98 Å². The fourth-order valence-corrected chi connectivity index (χ4v) is 3.54. The molecule has 2 heterocycles. The maximum atomic E-state index is 9.09. The number of fused-ring (bicyclic) bond motifs is 1. The fourth-order valence-electron chi connectivity index (χ4n) is 3.54. The molecule has 1 atom stereocenters. The summed E-state index contributed by atoms with van der Waals surface area (Å²) in [5.74, 6) is 1.71. The van der Waals surface area contributed by atoms with E-state index in [9.17, 15) is 0 Å². The van der Waals surface area contributed by atoms with E-state index in [2.05, 4.69) is 11.0 Å². The summed E-state index contributed by atoms with van der Waals surface area (Å²) in [4.78, 5) is 7.32. The molecule has 4 nitrogen and oxygen atoms in total. The second kappa shape index (κ2) is 6.10. The zero-order valence-corrected chi connectivity index (χ0v) is 12.1. The van der Waals surface area contributed by atoms with Gasteiger partial charge in [-0.3, -0.25) is 0 Å². The van der Waals surface area contributed by atoms with Crippen molar-refractivity contribution >= 4 is 5.82 Å². The van der Waals surface area contributed by atoms with Crippen LogP contribution >= 0.6 is 0 Å². The quantitative estimate of drug-likeness (QED) is 0.876. The molecule has 0 radical (unpaired) electrons. The summed E-state index contributed by atoms with van der Waals surface area (Å²) in [5.41, 5.74) is 9.82. The second-order valence-corrected chi connectivity index (χ2v) is 6.10. The van der Waals surface area contributed by atoms with E-state index in [1.54, 1.807) is 0 Å². The second-order valence-electron chi connectivity index (χ2n) is 6.10. The van der Waals surface area contributed by atoms with Gasteiger partial charge in [0.1, 0.15) is 5.82 Å². The third-order valence-electron chi connectivity index (χ3n) is 4.70. The van der Waals surface area contributed by atoms with Gasteiger partial charge < -0.3 is 15.7 Å². The SMILES string of the molecule is NCc1cc2c(nc1N1CCC(CCO)C1)CCCC2. The Hall–Kier alpha value is -1.13. The van der Waals surface area contributed by atoms with Crippen molar-refractivity contribution in [2.45, 2.75) is 45.1 Å². The first-order chi connectivity index (χ1) is 9.81. The van der Waals surface area contributed by atoms with Gasteiger partial charge >= 0.3 is 0 Å². The van der Waals surface area contributed by atoms with Gasteiger partial charge in [-0.2, -0.15) is 0 Å². The van der Waals surface area contributed by atoms with Gasteiger partial charge in [0.15, 0.2) is 0 Å². The minimum atomic E-state index is 0.292. The highest BCUT2D eigenvalue weighted by Gasteiger charge is 2.26. The van der Waals surface area contributed by atoms with E-state index >= 15 is 0 Å². The third kappa shape index (κ3) is 2.67. The Morgan fingerprint density at radius 2 is 2.20 bits per heavy atom. The van der Waals surface area contributed by atoms with E-state index in [1.165, 1.54) is 29.7 Å². The van der Waals surface area contributed by atoms with Crippen molar-refractivity contribution in [2.24, 2.45) is 11.7 Å². The summed E-state index contributed by atoms with van der Waals surface area (Å²) in [5, 5.41) is 9.09. The Morgan fingerprint density at radius 3 is 3.00 bits per heavy atom. The highest BCUT2D eigenvalue weighted by atomic mass is 16.3. The summed E-state index contributed by atoms with van der Waals surface area (Å²) >= 11 is 0. The Morgan fingerprint density at radius 1 is 1.35 bits per heavy atom. The van der Waals surface area contributed by atoms with Crippen LogP contribution < -0.4 is 10.6 Å². The largest absolute Gasteiger partial charge is 0.396 e. The van der Waals surface area contributed by atoms with Crippen LogP contribution in [0.15, 0.2) is 6.07 Å². The molecular formula is C16H25N3O. The van der Waals surface area contributed by atoms with Crippen LogP contribution in [0, 0.1) is 5.92 Å². The third-order valence-corrected chi connectivity index (χ3v) is 4.70. The average molecular weight is 275 g/mol. The number of aliphatic hydroxyl groups excluding tert-OH is 1.